The van der Waals surface area contributed by atoms with Gasteiger partial charge in [-0.05, 0) is 11.6 Å². The Kier molecular flexibility index (Phi) is 5.13. The average Bonchev–Trinajstić information content (AvgIpc) is 2.47. The maximum atomic E-state index is 4.97. The van der Waals surface area contributed by atoms with Crippen molar-refractivity contribution in [2.75, 3.05) is 30.9 Å². The summed E-state index contributed by atoms with van der Waals surface area (Å²) >= 11 is 0. The number of benzene rings is 1. The molecule has 1 heterocycles. The standard InChI is InChI=1S/C14H18N4O/c1-19-10-9-16-14-15-8-7-13(18-14)17-11-12-5-3-2-4-6-12/h2-8H,9-11H2,1H3,(H2,15,16,17,18). The summed E-state index contributed by atoms with van der Waals surface area (Å²) in [5.41, 5.74) is 1.22. The summed E-state index contributed by atoms with van der Waals surface area (Å²) in [6.45, 7) is 2.07. The molecule has 1 aromatic carbocycles. The fourth-order valence-corrected chi connectivity index (χ4v) is 1.60. The highest BCUT2D eigenvalue weighted by molar-refractivity contribution is 5.40. The molecule has 100 valence electrons. The van der Waals surface area contributed by atoms with E-state index in [4.69, 9.17) is 4.74 Å². The summed E-state index contributed by atoms with van der Waals surface area (Å²) in [7, 11) is 1.67. The smallest absolute Gasteiger partial charge is 0.224 e. The molecule has 0 aliphatic carbocycles. The van der Waals surface area contributed by atoms with Crippen LogP contribution in [0.2, 0.25) is 0 Å². The molecule has 0 fully saturated rings. The molecule has 0 amide bonds. The van der Waals surface area contributed by atoms with E-state index in [-0.39, 0.29) is 0 Å². The van der Waals surface area contributed by atoms with Crippen LogP contribution in [0.25, 0.3) is 0 Å². The summed E-state index contributed by atoms with van der Waals surface area (Å²) in [5, 5.41) is 6.37. The number of hydrogen-bond acceptors (Lipinski definition) is 5. The van der Waals surface area contributed by atoms with E-state index in [1.807, 2.05) is 24.3 Å². The maximum Gasteiger partial charge on any atom is 0.224 e. The molecule has 19 heavy (non-hydrogen) atoms. The van der Waals surface area contributed by atoms with Gasteiger partial charge in [0.25, 0.3) is 0 Å². The van der Waals surface area contributed by atoms with E-state index in [9.17, 15) is 0 Å². The number of anilines is 2. The second-order valence-corrected chi connectivity index (χ2v) is 4.02. The monoisotopic (exact) mass is 258 g/mol. The van der Waals surface area contributed by atoms with Crippen molar-refractivity contribution < 1.29 is 4.74 Å². The fourth-order valence-electron chi connectivity index (χ4n) is 1.60. The van der Waals surface area contributed by atoms with Crippen LogP contribution in [0.4, 0.5) is 11.8 Å². The number of aromatic nitrogens is 2. The minimum absolute atomic E-state index is 0.607. The molecule has 0 aliphatic rings. The molecule has 0 saturated heterocycles. The molecule has 0 unspecified atom stereocenters. The number of hydrogen-bond donors (Lipinski definition) is 2. The Bertz CT molecular complexity index is 490. The second-order valence-electron chi connectivity index (χ2n) is 4.02. The first-order chi connectivity index (χ1) is 9.38. The minimum Gasteiger partial charge on any atom is -0.383 e. The lowest BCUT2D eigenvalue weighted by Crippen LogP contribution is -2.11. The van der Waals surface area contributed by atoms with Crippen LogP contribution in [0.15, 0.2) is 42.6 Å². The molecular weight excluding hydrogens is 240 g/mol. The second kappa shape index (κ2) is 7.33. The van der Waals surface area contributed by atoms with E-state index >= 15 is 0 Å². The lowest BCUT2D eigenvalue weighted by atomic mass is 10.2. The molecule has 5 nitrogen and oxygen atoms in total. The maximum absolute atomic E-state index is 4.97. The lowest BCUT2D eigenvalue weighted by molar-refractivity contribution is 0.210. The molecule has 1 aromatic heterocycles. The van der Waals surface area contributed by atoms with Crippen LogP contribution in [0, 0.1) is 0 Å². The van der Waals surface area contributed by atoms with E-state index in [1.54, 1.807) is 13.3 Å². The third-order valence-corrected chi connectivity index (χ3v) is 2.56. The van der Waals surface area contributed by atoms with Gasteiger partial charge >= 0.3 is 0 Å². The van der Waals surface area contributed by atoms with Crippen molar-refractivity contribution in [3.63, 3.8) is 0 Å². The first-order valence-corrected chi connectivity index (χ1v) is 6.22. The van der Waals surface area contributed by atoms with E-state index in [0.29, 0.717) is 19.1 Å². The largest absolute Gasteiger partial charge is 0.383 e. The van der Waals surface area contributed by atoms with Crippen LogP contribution in [-0.4, -0.2) is 30.2 Å². The van der Waals surface area contributed by atoms with Gasteiger partial charge in [-0.3, -0.25) is 0 Å². The third kappa shape index (κ3) is 4.56. The summed E-state index contributed by atoms with van der Waals surface area (Å²) < 4.78 is 4.97. The topological polar surface area (TPSA) is 59.1 Å². The Balaban J connectivity index is 1.88. The predicted molar refractivity (Wildman–Crippen MR) is 76.2 cm³/mol. The van der Waals surface area contributed by atoms with Gasteiger partial charge in [-0.2, -0.15) is 4.98 Å². The van der Waals surface area contributed by atoms with Crippen molar-refractivity contribution in [3.8, 4) is 0 Å². The zero-order chi connectivity index (χ0) is 13.3. The van der Waals surface area contributed by atoms with Gasteiger partial charge in [0.05, 0.1) is 6.61 Å². The highest BCUT2D eigenvalue weighted by Gasteiger charge is 1.98. The van der Waals surface area contributed by atoms with Crippen LogP contribution in [0.1, 0.15) is 5.56 Å². The van der Waals surface area contributed by atoms with Gasteiger partial charge in [-0.1, -0.05) is 30.3 Å². The molecule has 0 aliphatic heterocycles. The Morgan fingerprint density at radius 1 is 1.11 bits per heavy atom. The van der Waals surface area contributed by atoms with Gasteiger partial charge in [0.15, 0.2) is 0 Å². The summed E-state index contributed by atoms with van der Waals surface area (Å²) in [4.78, 5) is 8.52. The van der Waals surface area contributed by atoms with E-state index in [1.165, 1.54) is 5.56 Å². The van der Waals surface area contributed by atoms with Crippen LogP contribution in [0.3, 0.4) is 0 Å². The van der Waals surface area contributed by atoms with Crippen LogP contribution < -0.4 is 10.6 Å². The zero-order valence-electron chi connectivity index (χ0n) is 11.0. The highest BCUT2D eigenvalue weighted by Crippen LogP contribution is 2.07. The van der Waals surface area contributed by atoms with Crippen molar-refractivity contribution in [1.29, 1.82) is 0 Å². The van der Waals surface area contributed by atoms with E-state index in [0.717, 1.165) is 12.4 Å². The molecule has 0 spiro atoms. The number of rotatable bonds is 7. The molecule has 5 heteroatoms. The van der Waals surface area contributed by atoms with Crippen LogP contribution >= 0.6 is 0 Å². The van der Waals surface area contributed by atoms with Gasteiger partial charge in [0.2, 0.25) is 5.95 Å². The molecule has 2 rings (SSSR count). The normalized spacial score (nSPS) is 10.2. The highest BCUT2D eigenvalue weighted by atomic mass is 16.5. The fraction of sp³-hybridized carbons (Fsp3) is 0.286. The van der Waals surface area contributed by atoms with Crippen molar-refractivity contribution in [2.24, 2.45) is 0 Å². The van der Waals surface area contributed by atoms with E-state index < -0.39 is 0 Å². The van der Waals surface area contributed by atoms with Crippen molar-refractivity contribution in [2.45, 2.75) is 6.54 Å². The zero-order valence-corrected chi connectivity index (χ0v) is 11.0. The van der Waals surface area contributed by atoms with Gasteiger partial charge < -0.3 is 15.4 Å². The lowest BCUT2D eigenvalue weighted by Gasteiger charge is -2.08. The van der Waals surface area contributed by atoms with Gasteiger partial charge in [0.1, 0.15) is 5.82 Å². The van der Waals surface area contributed by atoms with Crippen molar-refractivity contribution >= 4 is 11.8 Å². The predicted octanol–water partition coefficient (Wildman–Crippen LogP) is 2.15. The van der Waals surface area contributed by atoms with Gasteiger partial charge in [-0.15, -0.1) is 0 Å². The molecule has 0 bridgehead atoms. The summed E-state index contributed by atoms with van der Waals surface area (Å²) in [6, 6.07) is 12.1. The average molecular weight is 258 g/mol. The SMILES string of the molecule is COCCNc1nccc(NCc2ccccc2)n1. The Labute approximate surface area is 113 Å². The first kappa shape index (κ1) is 13.3. The molecule has 0 radical (unpaired) electrons. The molecule has 2 N–H and O–H groups in total. The molecule has 0 atom stereocenters. The summed E-state index contributed by atoms with van der Waals surface area (Å²) in [5.74, 6) is 1.41. The van der Waals surface area contributed by atoms with E-state index in [2.05, 4.69) is 32.7 Å². The number of methoxy groups -OCH3 is 1. The molecule has 0 saturated carbocycles. The number of ether oxygens (including phenoxy) is 1. The Hall–Kier alpha value is -2.14. The number of nitrogens with one attached hydrogen (secondary N) is 2. The molecule has 2 aromatic rings. The third-order valence-electron chi connectivity index (χ3n) is 2.56. The van der Waals surface area contributed by atoms with Gasteiger partial charge in [-0.25, -0.2) is 4.98 Å². The molecular formula is C14H18N4O. The van der Waals surface area contributed by atoms with Crippen molar-refractivity contribution in [3.05, 3.63) is 48.2 Å². The first-order valence-electron chi connectivity index (χ1n) is 6.22. The minimum atomic E-state index is 0.607. The van der Waals surface area contributed by atoms with Crippen LogP contribution in [-0.2, 0) is 11.3 Å². The van der Waals surface area contributed by atoms with Gasteiger partial charge in [0, 0.05) is 26.4 Å². The Morgan fingerprint density at radius 3 is 2.74 bits per heavy atom. The van der Waals surface area contributed by atoms with Crippen LogP contribution in [0.5, 0.6) is 0 Å². The quantitative estimate of drug-likeness (QED) is 0.745. The Morgan fingerprint density at radius 2 is 1.95 bits per heavy atom. The van der Waals surface area contributed by atoms with Crippen molar-refractivity contribution in [1.82, 2.24) is 9.97 Å². The summed E-state index contributed by atoms with van der Waals surface area (Å²) in [6.07, 6.45) is 1.73. The number of nitrogens with zero attached hydrogens (tertiary/aromatic N) is 2.